The molecule has 0 heterocycles. The van der Waals surface area contributed by atoms with Gasteiger partial charge in [0.1, 0.15) is 0 Å². The molecule has 0 atom stereocenters. The summed E-state index contributed by atoms with van der Waals surface area (Å²) in [4.78, 5) is 1.57. The first-order chi connectivity index (χ1) is 11.9. The van der Waals surface area contributed by atoms with Gasteiger partial charge in [0.2, 0.25) is 0 Å². The van der Waals surface area contributed by atoms with Gasteiger partial charge < -0.3 is 0 Å². The normalized spacial score (nSPS) is 13.9. The topological polar surface area (TPSA) is 34.1 Å². The van der Waals surface area contributed by atoms with Crippen LogP contribution >= 0.6 is 11.8 Å². The Morgan fingerprint density at radius 3 is 2.28 bits per heavy atom. The molecule has 1 aromatic rings. The highest BCUT2D eigenvalue weighted by Crippen LogP contribution is 2.23. The van der Waals surface area contributed by atoms with Gasteiger partial charge in [0, 0.05) is 11.2 Å². The lowest BCUT2D eigenvalue weighted by atomic mass is 10.00. The van der Waals surface area contributed by atoms with Crippen molar-refractivity contribution in [3.05, 3.63) is 71.2 Å². The standard InChI is InChI=1S/C21H28O2S2/c1-5-7-11-18(12-8-9-13-20(24-3)10-6-2)19-14-16-21(17-15-19)25(4,22)23/h6,8-10,12-17H,5,7,11H2,1-4H3/b9-8+,10-6-,18-12-,20-13+. The predicted molar refractivity (Wildman–Crippen MR) is 113 cm³/mol. The number of sulfone groups is 1. The molecule has 0 N–H and O–H groups in total. The van der Waals surface area contributed by atoms with E-state index in [1.54, 1.807) is 23.9 Å². The fourth-order valence-electron chi connectivity index (χ4n) is 2.29. The first-order valence-electron chi connectivity index (χ1n) is 8.47. The van der Waals surface area contributed by atoms with Crippen molar-refractivity contribution in [1.82, 2.24) is 0 Å². The zero-order valence-corrected chi connectivity index (χ0v) is 17.2. The van der Waals surface area contributed by atoms with E-state index in [1.165, 1.54) is 16.7 Å². The van der Waals surface area contributed by atoms with Gasteiger partial charge in [-0.3, -0.25) is 0 Å². The summed E-state index contributed by atoms with van der Waals surface area (Å²) in [5.41, 5.74) is 2.30. The zero-order valence-electron chi connectivity index (χ0n) is 15.5. The molecule has 0 saturated heterocycles. The molecule has 0 saturated carbocycles. The van der Waals surface area contributed by atoms with Gasteiger partial charge in [-0.1, -0.05) is 55.9 Å². The van der Waals surface area contributed by atoms with E-state index >= 15 is 0 Å². The number of unbranched alkanes of at least 4 members (excludes halogenated alkanes) is 1. The van der Waals surface area contributed by atoms with Crippen molar-refractivity contribution in [3.63, 3.8) is 0 Å². The van der Waals surface area contributed by atoms with Gasteiger partial charge in [0.15, 0.2) is 9.84 Å². The van der Waals surface area contributed by atoms with Crippen LogP contribution in [-0.4, -0.2) is 20.9 Å². The van der Waals surface area contributed by atoms with E-state index < -0.39 is 9.84 Å². The average molecular weight is 377 g/mol. The molecule has 0 aliphatic carbocycles. The molecule has 25 heavy (non-hydrogen) atoms. The van der Waals surface area contributed by atoms with Crippen molar-refractivity contribution in [2.45, 2.75) is 38.0 Å². The molecule has 136 valence electrons. The van der Waals surface area contributed by atoms with Crippen LogP contribution in [0.25, 0.3) is 5.57 Å². The van der Waals surface area contributed by atoms with Crippen LogP contribution in [0.15, 0.2) is 70.5 Å². The monoisotopic (exact) mass is 376 g/mol. The quantitative estimate of drug-likeness (QED) is 0.492. The fraction of sp³-hybridized carbons (Fsp3) is 0.333. The lowest BCUT2D eigenvalue weighted by Crippen LogP contribution is -1.97. The molecular weight excluding hydrogens is 348 g/mol. The van der Waals surface area contributed by atoms with Gasteiger partial charge in [-0.2, -0.15) is 0 Å². The fourth-order valence-corrected chi connectivity index (χ4v) is 3.40. The van der Waals surface area contributed by atoms with E-state index in [9.17, 15) is 8.42 Å². The number of hydrogen-bond donors (Lipinski definition) is 0. The average Bonchev–Trinajstić information content (AvgIpc) is 2.59. The van der Waals surface area contributed by atoms with Crippen LogP contribution in [0.1, 0.15) is 38.7 Å². The minimum atomic E-state index is -3.15. The summed E-state index contributed by atoms with van der Waals surface area (Å²) in [5.74, 6) is 0. The van der Waals surface area contributed by atoms with Crippen molar-refractivity contribution in [2.75, 3.05) is 12.5 Å². The summed E-state index contributed by atoms with van der Waals surface area (Å²) in [6, 6.07) is 7.17. The number of rotatable bonds is 9. The first kappa shape index (κ1) is 21.5. The number of thioether (sulfide) groups is 1. The lowest BCUT2D eigenvalue weighted by Gasteiger charge is -2.07. The van der Waals surface area contributed by atoms with Crippen LogP contribution in [-0.2, 0) is 9.84 Å². The highest BCUT2D eigenvalue weighted by atomic mass is 32.2. The van der Waals surface area contributed by atoms with Crippen LogP contribution in [0.3, 0.4) is 0 Å². The van der Waals surface area contributed by atoms with Crippen molar-refractivity contribution in [1.29, 1.82) is 0 Å². The minimum Gasteiger partial charge on any atom is -0.224 e. The Kier molecular flexibility index (Phi) is 9.61. The molecule has 0 aliphatic heterocycles. The van der Waals surface area contributed by atoms with Gasteiger partial charge in [-0.15, -0.1) is 11.8 Å². The van der Waals surface area contributed by atoms with Crippen molar-refractivity contribution in [3.8, 4) is 0 Å². The molecule has 4 heteroatoms. The number of benzene rings is 1. The van der Waals surface area contributed by atoms with Crippen LogP contribution in [0, 0.1) is 0 Å². The van der Waals surface area contributed by atoms with Gasteiger partial charge in [0.05, 0.1) is 4.90 Å². The van der Waals surface area contributed by atoms with E-state index in [4.69, 9.17) is 0 Å². The predicted octanol–water partition coefficient (Wildman–Crippen LogP) is 6.04. The maximum Gasteiger partial charge on any atom is 0.175 e. The van der Waals surface area contributed by atoms with Crippen molar-refractivity contribution in [2.24, 2.45) is 0 Å². The second-order valence-corrected chi connectivity index (χ2v) is 8.65. The number of hydrogen-bond acceptors (Lipinski definition) is 3. The zero-order chi connectivity index (χ0) is 18.7. The highest BCUT2D eigenvalue weighted by molar-refractivity contribution is 8.02. The van der Waals surface area contributed by atoms with E-state index in [-0.39, 0.29) is 0 Å². The molecule has 1 rings (SSSR count). The Balaban J connectivity index is 3.04. The highest BCUT2D eigenvalue weighted by Gasteiger charge is 2.07. The molecule has 0 bridgehead atoms. The smallest absolute Gasteiger partial charge is 0.175 e. The summed E-state index contributed by atoms with van der Waals surface area (Å²) >= 11 is 1.71. The third-order valence-corrected chi connectivity index (χ3v) is 5.56. The molecule has 1 aromatic carbocycles. The van der Waals surface area contributed by atoms with Gasteiger partial charge in [0.25, 0.3) is 0 Å². The van der Waals surface area contributed by atoms with Gasteiger partial charge >= 0.3 is 0 Å². The Morgan fingerprint density at radius 1 is 1.12 bits per heavy atom. The van der Waals surface area contributed by atoms with E-state index in [0.29, 0.717) is 4.90 Å². The first-order valence-corrected chi connectivity index (χ1v) is 11.6. The molecule has 0 aromatic heterocycles. The summed E-state index contributed by atoms with van der Waals surface area (Å²) < 4.78 is 23.2. The molecule has 0 unspecified atom stereocenters. The van der Waals surface area contributed by atoms with Crippen LogP contribution < -0.4 is 0 Å². The molecule has 0 spiro atoms. The summed E-state index contributed by atoms with van der Waals surface area (Å²) in [6.45, 7) is 4.18. The third kappa shape index (κ3) is 7.93. The Labute approximate surface area is 157 Å². The lowest BCUT2D eigenvalue weighted by molar-refractivity contribution is 0.602. The van der Waals surface area contributed by atoms with Gasteiger partial charge in [-0.25, -0.2) is 8.42 Å². The summed E-state index contributed by atoms with van der Waals surface area (Å²) in [5, 5.41) is 0. The van der Waals surface area contributed by atoms with Gasteiger partial charge in [-0.05, 0) is 55.4 Å². The minimum absolute atomic E-state index is 0.362. The Hall–Kier alpha value is -1.52. The SMILES string of the molecule is C\C=C/C(=C\C=C\C=C(\CCCC)c1ccc(S(C)(=O)=O)cc1)SC. The molecule has 0 fully saturated rings. The maximum atomic E-state index is 11.6. The van der Waals surface area contributed by atoms with Crippen LogP contribution in [0.4, 0.5) is 0 Å². The summed E-state index contributed by atoms with van der Waals surface area (Å²) in [7, 11) is -3.15. The number of allylic oxidation sites excluding steroid dienone is 7. The van der Waals surface area contributed by atoms with E-state index in [1.807, 2.05) is 31.2 Å². The molecular formula is C21H28O2S2. The van der Waals surface area contributed by atoms with Crippen molar-refractivity contribution < 1.29 is 8.42 Å². The second kappa shape index (κ2) is 11.2. The maximum absolute atomic E-state index is 11.6. The molecule has 0 aliphatic rings. The van der Waals surface area contributed by atoms with E-state index in [0.717, 1.165) is 24.8 Å². The second-order valence-electron chi connectivity index (χ2n) is 5.75. The van der Waals surface area contributed by atoms with Crippen molar-refractivity contribution >= 4 is 27.2 Å². The molecule has 0 amide bonds. The Morgan fingerprint density at radius 2 is 1.76 bits per heavy atom. The summed E-state index contributed by atoms with van der Waals surface area (Å²) in [6.07, 6.45) is 18.9. The third-order valence-electron chi connectivity index (χ3n) is 3.69. The molecule has 0 radical (unpaired) electrons. The molecule has 2 nitrogen and oxygen atoms in total. The largest absolute Gasteiger partial charge is 0.224 e. The Bertz CT molecular complexity index is 750. The van der Waals surface area contributed by atoms with Crippen LogP contribution in [0.5, 0.6) is 0 Å². The van der Waals surface area contributed by atoms with Crippen LogP contribution in [0.2, 0.25) is 0 Å². The van der Waals surface area contributed by atoms with E-state index in [2.05, 4.69) is 37.5 Å².